The van der Waals surface area contributed by atoms with Crippen LogP contribution in [-0.4, -0.2) is 66.2 Å². The van der Waals surface area contributed by atoms with Crippen LogP contribution in [0.15, 0.2) is 18.2 Å². The summed E-state index contributed by atoms with van der Waals surface area (Å²) in [6.07, 6.45) is -0.738. The van der Waals surface area contributed by atoms with Gasteiger partial charge in [-0.2, -0.15) is 0 Å². The summed E-state index contributed by atoms with van der Waals surface area (Å²) in [4.78, 5) is 15.1. The predicted molar refractivity (Wildman–Crippen MR) is 83.2 cm³/mol. The second-order valence-corrected chi connectivity index (χ2v) is 5.44. The molecule has 1 heterocycles. The maximum atomic E-state index is 11.0. The highest BCUT2D eigenvalue weighted by Crippen LogP contribution is 2.30. The second-order valence-electron chi connectivity index (χ2n) is 5.44. The highest BCUT2D eigenvalue weighted by atomic mass is 16.6. The molecule has 1 aliphatic heterocycles. The van der Waals surface area contributed by atoms with Crippen molar-refractivity contribution in [2.45, 2.75) is 13.0 Å². The molecule has 1 N–H and O–H groups in total. The molecule has 1 fully saturated rings. The van der Waals surface area contributed by atoms with Crippen LogP contribution in [0.3, 0.4) is 0 Å². The second kappa shape index (κ2) is 7.53. The zero-order valence-electron chi connectivity index (χ0n) is 13.1. The topological polar surface area (TPSA) is 79.1 Å². The van der Waals surface area contributed by atoms with Gasteiger partial charge >= 0.3 is 5.69 Å². The molecule has 1 aliphatic rings. The lowest BCUT2D eigenvalue weighted by Crippen LogP contribution is -2.47. The number of β-amino-alcohol motifs (C(OH)–C–C–N with tert-alkyl or cyclic N) is 1. The van der Waals surface area contributed by atoms with E-state index in [9.17, 15) is 15.2 Å². The molecule has 0 aromatic heterocycles. The fourth-order valence-electron chi connectivity index (χ4n) is 2.70. The summed E-state index contributed by atoms with van der Waals surface area (Å²) in [5, 5.41) is 21.4. The Balaban J connectivity index is 2.02. The zero-order chi connectivity index (χ0) is 16.1. The number of piperazine rings is 1. The van der Waals surface area contributed by atoms with E-state index in [0.29, 0.717) is 12.1 Å². The van der Waals surface area contributed by atoms with Crippen molar-refractivity contribution < 1.29 is 14.8 Å². The van der Waals surface area contributed by atoms with E-state index in [-0.39, 0.29) is 11.4 Å². The highest BCUT2D eigenvalue weighted by Gasteiger charge is 2.22. The number of nitro benzene ring substituents is 1. The van der Waals surface area contributed by atoms with Gasteiger partial charge in [-0.25, -0.2) is 0 Å². The first-order valence-corrected chi connectivity index (χ1v) is 7.50. The van der Waals surface area contributed by atoms with Crippen molar-refractivity contribution in [1.82, 2.24) is 9.80 Å². The number of methoxy groups -OCH3 is 1. The molecule has 1 atom stereocenters. The summed E-state index contributed by atoms with van der Waals surface area (Å²) in [7, 11) is 1.39. The molecule has 0 amide bonds. The SMILES string of the molecule is CCN1CCN(CC(O)c2ccc(OC)c([N+](=O)[O-])c2)CC1. The van der Waals surface area contributed by atoms with E-state index < -0.39 is 11.0 Å². The largest absolute Gasteiger partial charge is 0.490 e. The van der Waals surface area contributed by atoms with Crippen molar-refractivity contribution in [3.05, 3.63) is 33.9 Å². The number of likely N-dealkylation sites (N-methyl/N-ethyl adjacent to an activating group) is 1. The lowest BCUT2D eigenvalue weighted by atomic mass is 10.1. The molecule has 22 heavy (non-hydrogen) atoms. The maximum Gasteiger partial charge on any atom is 0.311 e. The van der Waals surface area contributed by atoms with E-state index in [1.54, 1.807) is 6.07 Å². The quantitative estimate of drug-likeness (QED) is 0.630. The predicted octanol–water partition coefficient (Wildman–Crippen LogP) is 1.27. The van der Waals surface area contributed by atoms with Crippen molar-refractivity contribution in [3.8, 4) is 5.75 Å². The summed E-state index contributed by atoms with van der Waals surface area (Å²) in [6, 6.07) is 4.61. The van der Waals surface area contributed by atoms with Crippen molar-refractivity contribution in [3.63, 3.8) is 0 Å². The van der Waals surface area contributed by atoms with Crippen molar-refractivity contribution in [2.24, 2.45) is 0 Å². The van der Waals surface area contributed by atoms with Crippen LogP contribution >= 0.6 is 0 Å². The standard InChI is InChI=1S/C15H23N3O4/c1-3-16-6-8-17(9-7-16)11-14(19)12-4-5-15(22-2)13(10-12)18(20)21/h4-5,10,14,19H,3,6-9,11H2,1-2H3. The van der Waals surface area contributed by atoms with Crippen molar-refractivity contribution in [2.75, 3.05) is 46.4 Å². The third kappa shape index (κ3) is 3.94. The van der Waals surface area contributed by atoms with Gasteiger partial charge in [0.15, 0.2) is 5.75 Å². The Kier molecular flexibility index (Phi) is 5.70. The summed E-state index contributed by atoms with van der Waals surface area (Å²) in [5.74, 6) is 0.206. The number of nitrogens with zero attached hydrogens (tertiary/aromatic N) is 3. The molecule has 122 valence electrons. The van der Waals surface area contributed by atoms with Gasteiger partial charge in [0, 0.05) is 38.8 Å². The van der Waals surface area contributed by atoms with E-state index in [0.717, 1.165) is 32.7 Å². The summed E-state index contributed by atoms with van der Waals surface area (Å²) >= 11 is 0. The lowest BCUT2D eigenvalue weighted by Gasteiger charge is -2.35. The van der Waals surface area contributed by atoms with Gasteiger partial charge in [0.25, 0.3) is 0 Å². The summed E-state index contributed by atoms with van der Waals surface area (Å²) in [6.45, 7) is 7.47. The third-order valence-corrected chi connectivity index (χ3v) is 4.13. The number of benzene rings is 1. The molecule has 1 aromatic rings. The fraction of sp³-hybridized carbons (Fsp3) is 0.600. The lowest BCUT2D eigenvalue weighted by molar-refractivity contribution is -0.385. The van der Waals surface area contributed by atoms with Crippen molar-refractivity contribution >= 4 is 5.69 Å². The van der Waals surface area contributed by atoms with E-state index >= 15 is 0 Å². The normalized spacial score (nSPS) is 18.1. The Morgan fingerprint density at radius 2 is 1.95 bits per heavy atom. The monoisotopic (exact) mass is 309 g/mol. The third-order valence-electron chi connectivity index (χ3n) is 4.13. The number of ether oxygens (including phenoxy) is 1. The average Bonchev–Trinajstić information content (AvgIpc) is 2.54. The molecule has 7 heteroatoms. The van der Waals surface area contributed by atoms with Crippen LogP contribution in [0, 0.1) is 10.1 Å². The first-order valence-electron chi connectivity index (χ1n) is 7.50. The molecule has 2 rings (SSSR count). The van der Waals surface area contributed by atoms with Crippen LogP contribution in [0.2, 0.25) is 0 Å². The molecular formula is C15H23N3O4. The molecule has 0 radical (unpaired) electrons. The highest BCUT2D eigenvalue weighted by molar-refractivity contribution is 5.49. The molecule has 0 saturated carbocycles. The molecule has 1 unspecified atom stereocenters. The van der Waals surface area contributed by atoms with Crippen LogP contribution in [0.4, 0.5) is 5.69 Å². The van der Waals surface area contributed by atoms with Gasteiger partial charge in [-0.15, -0.1) is 0 Å². The molecule has 0 aliphatic carbocycles. The van der Waals surface area contributed by atoms with Crippen LogP contribution in [0.5, 0.6) is 5.75 Å². The zero-order valence-corrected chi connectivity index (χ0v) is 13.1. The molecule has 1 aromatic carbocycles. The average molecular weight is 309 g/mol. The number of rotatable bonds is 6. The molecule has 7 nitrogen and oxygen atoms in total. The van der Waals surface area contributed by atoms with Gasteiger partial charge in [0.05, 0.1) is 18.1 Å². The molecule has 0 bridgehead atoms. The Labute approximate surface area is 130 Å². The summed E-state index contributed by atoms with van der Waals surface area (Å²) in [5.41, 5.74) is 0.431. The summed E-state index contributed by atoms with van der Waals surface area (Å²) < 4.78 is 4.98. The van der Waals surface area contributed by atoms with Gasteiger partial charge < -0.3 is 14.7 Å². The number of nitro groups is 1. The van der Waals surface area contributed by atoms with Crippen LogP contribution < -0.4 is 4.74 Å². The van der Waals surface area contributed by atoms with Crippen LogP contribution in [-0.2, 0) is 0 Å². The van der Waals surface area contributed by atoms with Gasteiger partial charge in [0.1, 0.15) is 0 Å². The minimum absolute atomic E-state index is 0.116. The minimum Gasteiger partial charge on any atom is -0.490 e. The van der Waals surface area contributed by atoms with Gasteiger partial charge in [-0.1, -0.05) is 13.0 Å². The van der Waals surface area contributed by atoms with Crippen LogP contribution in [0.25, 0.3) is 0 Å². The number of hydrogen-bond acceptors (Lipinski definition) is 6. The number of hydrogen-bond donors (Lipinski definition) is 1. The Hall–Kier alpha value is -1.70. The van der Waals surface area contributed by atoms with Gasteiger partial charge in [-0.3, -0.25) is 15.0 Å². The fourth-order valence-corrected chi connectivity index (χ4v) is 2.70. The van der Waals surface area contributed by atoms with E-state index in [2.05, 4.69) is 16.7 Å². The molecule has 0 spiro atoms. The Morgan fingerprint density at radius 3 is 2.50 bits per heavy atom. The first kappa shape index (κ1) is 16.7. The molecular weight excluding hydrogens is 286 g/mol. The Bertz CT molecular complexity index is 516. The smallest absolute Gasteiger partial charge is 0.311 e. The first-order chi connectivity index (χ1) is 10.5. The maximum absolute atomic E-state index is 11.0. The van der Waals surface area contributed by atoms with Crippen LogP contribution in [0.1, 0.15) is 18.6 Å². The van der Waals surface area contributed by atoms with E-state index in [1.807, 2.05) is 0 Å². The van der Waals surface area contributed by atoms with Gasteiger partial charge in [-0.05, 0) is 18.2 Å². The van der Waals surface area contributed by atoms with Gasteiger partial charge in [0.2, 0.25) is 0 Å². The number of aliphatic hydroxyl groups excluding tert-OH is 1. The Morgan fingerprint density at radius 1 is 1.32 bits per heavy atom. The van der Waals surface area contributed by atoms with E-state index in [1.165, 1.54) is 19.2 Å². The minimum atomic E-state index is -0.738. The molecule has 1 saturated heterocycles. The van der Waals surface area contributed by atoms with Crippen molar-refractivity contribution in [1.29, 1.82) is 0 Å². The van der Waals surface area contributed by atoms with E-state index in [4.69, 9.17) is 4.74 Å². The number of aliphatic hydroxyl groups is 1.